The molecule has 4 nitrogen and oxygen atoms in total. The van der Waals surface area contributed by atoms with Gasteiger partial charge in [0.1, 0.15) is 0 Å². The molecular weight excluding hydrogens is 286 g/mol. The monoisotopic (exact) mass is 307 g/mol. The highest BCUT2D eigenvalue weighted by Crippen LogP contribution is 2.04. The van der Waals surface area contributed by atoms with Crippen LogP contribution in [0.2, 0.25) is 0 Å². The second kappa shape index (κ2) is 7.70. The molecule has 0 atom stereocenters. The van der Waals surface area contributed by atoms with Crippen LogP contribution in [0, 0.1) is 0 Å². The van der Waals surface area contributed by atoms with E-state index in [0.717, 1.165) is 31.4 Å². The maximum Gasteiger partial charge on any atom is 0.261 e. The number of aromatic nitrogens is 2. The molecule has 0 bridgehead atoms. The number of aryl methyl sites for hydroxylation is 1. The highest BCUT2D eigenvalue weighted by atomic mass is 16.1. The maximum atomic E-state index is 12.3. The molecular formula is C19H21N3O. The molecule has 1 N–H and O–H groups in total. The van der Waals surface area contributed by atoms with E-state index in [4.69, 9.17) is 0 Å². The SMILES string of the molecule is O=c1c2ccccc2ncn1CCCNCCc1ccccc1. The van der Waals surface area contributed by atoms with Gasteiger partial charge in [0.25, 0.3) is 5.56 Å². The fourth-order valence-electron chi connectivity index (χ4n) is 2.64. The third kappa shape index (κ3) is 4.05. The van der Waals surface area contributed by atoms with E-state index in [1.807, 2.05) is 30.3 Å². The molecule has 0 amide bonds. The van der Waals surface area contributed by atoms with Gasteiger partial charge in [-0.3, -0.25) is 9.36 Å². The molecule has 0 aliphatic heterocycles. The first kappa shape index (κ1) is 15.4. The minimum Gasteiger partial charge on any atom is -0.316 e. The van der Waals surface area contributed by atoms with Crippen molar-refractivity contribution in [3.63, 3.8) is 0 Å². The Hall–Kier alpha value is -2.46. The number of para-hydroxylation sites is 1. The van der Waals surface area contributed by atoms with Crippen LogP contribution in [0.15, 0.2) is 65.7 Å². The molecule has 4 heteroatoms. The van der Waals surface area contributed by atoms with Crippen molar-refractivity contribution in [3.8, 4) is 0 Å². The van der Waals surface area contributed by atoms with Gasteiger partial charge in [-0.2, -0.15) is 0 Å². The molecule has 0 spiro atoms. The predicted molar refractivity (Wildman–Crippen MR) is 93.6 cm³/mol. The summed E-state index contributed by atoms with van der Waals surface area (Å²) in [5, 5.41) is 4.11. The van der Waals surface area contributed by atoms with Crippen molar-refractivity contribution in [1.82, 2.24) is 14.9 Å². The summed E-state index contributed by atoms with van der Waals surface area (Å²) in [5.74, 6) is 0. The Morgan fingerprint density at radius 2 is 1.74 bits per heavy atom. The Morgan fingerprint density at radius 1 is 0.957 bits per heavy atom. The van der Waals surface area contributed by atoms with Crippen molar-refractivity contribution in [2.24, 2.45) is 0 Å². The van der Waals surface area contributed by atoms with E-state index < -0.39 is 0 Å². The van der Waals surface area contributed by atoms with Crippen molar-refractivity contribution in [2.75, 3.05) is 13.1 Å². The number of hydrogen-bond acceptors (Lipinski definition) is 3. The van der Waals surface area contributed by atoms with Crippen LogP contribution in [-0.2, 0) is 13.0 Å². The lowest BCUT2D eigenvalue weighted by molar-refractivity contribution is 0.569. The van der Waals surface area contributed by atoms with Gasteiger partial charge in [-0.15, -0.1) is 0 Å². The number of hydrogen-bond donors (Lipinski definition) is 1. The van der Waals surface area contributed by atoms with Crippen LogP contribution < -0.4 is 10.9 Å². The number of fused-ring (bicyclic) bond motifs is 1. The van der Waals surface area contributed by atoms with Crippen LogP contribution in [0.1, 0.15) is 12.0 Å². The maximum absolute atomic E-state index is 12.3. The average molecular weight is 307 g/mol. The van der Waals surface area contributed by atoms with Crippen LogP contribution >= 0.6 is 0 Å². The van der Waals surface area contributed by atoms with Crippen LogP contribution in [0.5, 0.6) is 0 Å². The normalized spacial score (nSPS) is 11.0. The Bertz CT molecular complexity index is 811. The van der Waals surface area contributed by atoms with Crippen LogP contribution in [0.3, 0.4) is 0 Å². The first-order valence-corrected chi connectivity index (χ1v) is 8.03. The van der Waals surface area contributed by atoms with Crippen LogP contribution in [0.25, 0.3) is 10.9 Å². The van der Waals surface area contributed by atoms with Gasteiger partial charge in [-0.05, 0) is 43.6 Å². The highest BCUT2D eigenvalue weighted by Gasteiger charge is 2.02. The minimum absolute atomic E-state index is 0.0416. The second-order valence-electron chi connectivity index (χ2n) is 5.60. The second-order valence-corrected chi connectivity index (χ2v) is 5.60. The summed E-state index contributed by atoms with van der Waals surface area (Å²) in [6, 6.07) is 17.9. The molecule has 3 aromatic rings. The quantitative estimate of drug-likeness (QED) is 0.683. The van der Waals surface area contributed by atoms with Crippen molar-refractivity contribution < 1.29 is 0 Å². The molecule has 0 saturated carbocycles. The lowest BCUT2D eigenvalue weighted by Gasteiger charge is -2.08. The summed E-state index contributed by atoms with van der Waals surface area (Å²) in [6.45, 7) is 2.54. The first-order chi connectivity index (χ1) is 11.3. The van der Waals surface area contributed by atoms with E-state index in [0.29, 0.717) is 11.9 Å². The molecule has 0 radical (unpaired) electrons. The fraction of sp³-hybridized carbons (Fsp3) is 0.263. The molecule has 0 fully saturated rings. The number of nitrogens with one attached hydrogen (secondary N) is 1. The van der Waals surface area contributed by atoms with Gasteiger partial charge in [0.05, 0.1) is 17.2 Å². The van der Waals surface area contributed by atoms with E-state index >= 15 is 0 Å². The molecule has 0 unspecified atom stereocenters. The van der Waals surface area contributed by atoms with E-state index in [1.54, 1.807) is 10.9 Å². The summed E-state index contributed by atoms with van der Waals surface area (Å²) < 4.78 is 1.70. The number of benzene rings is 2. The van der Waals surface area contributed by atoms with Crippen molar-refractivity contribution in [1.29, 1.82) is 0 Å². The Morgan fingerprint density at radius 3 is 2.61 bits per heavy atom. The zero-order valence-corrected chi connectivity index (χ0v) is 13.1. The van der Waals surface area contributed by atoms with Crippen molar-refractivity contribution in [3.05, 3.63) is 76.8 Å². The molecule has 0 saturated heterocycles. The van der Waals surface area contributed by atoms with E-state index in [9.17, 15) is 4.79 Å². The highest BCUT2D eigenvalue weighted by molar-refractivity contribution is 5.76. The van der Waals surface area contributed by atoms with Gasteiger partial charge in [-0.25, -0.2) is 4.98 Å². The zero-order chi connectivity index (χ0) is 15.9. The molecule has 1 heterocycles. The summed E-state index contributed by atoms with van der Waals surface area (Å²) >= 11 is 0. The molecule has 23 heavy (non-hydrogen) atoms. The molecule has 0 aliphatic rings. The Balaban J connectivity index is 1.46. The molecule has 3 rings (SSSR count). The standard InChI is InChI=1S/C19H21N3O/c23-19-17-9-4-5-10-18(17)21-15-22(19)14-6-12-20-13-11-16-7-2-1-3-8-16/h1-5,7-10,15,20H,6,11-14H2. The van der Waals surface area contributed by atoms with Crippen LogP contribution in [0.4, 0.5) is 0 Å². The van der Waals surface area contributed by atoms with Gasteiger partial charge in [-0.1, -0.05) is 42.5 Å². The minimum atomic E-state index is 0.0416. The molecule has 2 aromatic carbocycles. The van der Waals surface area contributed by atoms with Crippen molar-refractivity contribution in [2.45, 2.75) is 19.4 Å². The third-order valence-electron chi connectivity index (χ3n) is 3.92. The summed E-state index contributed by atoms with van der Waals surface area (Å²) in [5.41, 5.74) is 2.14. The van der Waals surface area contributed by atoms with Crippen molar-refractivity contribution >= 4 is 10.9 Å². The topological polar surface area (TPSA) is 46.9 Å². The van der Waals surface area contributed by atoms with Gasteiger partial charge in [0.2, 0.25) is 0 Å². The number of nitrogens with zero attached hydrogens (tertiary/aromatic N) is 2. The third-order valence-corrected chi connectivity index (χ3v) is 3.92. The Labute approximate surface area is 135 Å². The lowest BCUT2D eigenvalue weighted by atomic mass is 10.1. The summed E-state index contributed by atoms with van der Waals surface area (Å²) in [4.78, 5) is 16.7. The van der Waals surface area contributed by atoms with E-state index in [2.05, 4.69) is 34.6 Å². The van der Waals surface area contributed by atoms with Gasteiger partial charge >= 0.3 is 0 Å². The summed E-state index contributed by atoms with van der Waals surface area (Å²) in [6.07, 6.45) is 3.58. The smallest absolute Gasteiger partial charge is 0.261 e. The van der Waals surface area contributed by atoms with E-state index in [1.165, 1.54) is 5.56 Å². The Kier molecular flexibility index (Phi) is 5.17. The van der Waals surface area contributed by atoms with Gasteiger partial charge in [0, 0.05) is 6.54 Å². The molecule has 0 aliphatic carbocycles. The molecule has 1 aromatic heterocycles. The van der Waals surface area contributed by atoms with Crippen LogP contribution in [-0.4, -0.2) is 22.6 Å². The lowest BCUT2D eigenvalue weighted by Crippen LogP contribution is -2.24. The fourth-order valence-corrected chi connectivity index (χ4v) is 2.64. The average Bonchev–Trinajstić information content (AvgIpc) is 2.61. The number of rotatable bonds is 7. The zero-order valence-electron chi connectivity index (χ0n) is 13.1. The predicted octanol–water partition coefficient (Wildman–Crippen LogP) is 2.62. The van der Waals surface area contributed by atoms with Gasteiger partial charge in [0.15, 0.2) is 0 Å². The molecule has 118 valence electrons. The van der Waals surface area contributed by atoms with Gasteiger partial charge < -0.3 is 5.32 Å². The summed E-state index contributed by atoms with van der Waals surface area (Å²) in [7, 11) is 0. The largest absolute Gasteiger partial charge is 0.316 e. The first-order valence-electron chi connectivity index (χ1n) is 8.03. The van der Waals surface area contributed by atoms with E-state index in [-0.39, 0.29) is 5.56 Å².